The Balaban J connectivity index is 2.05. The molecule has 1 aromatic rings. The predicted octanol–water partition coefficient (Wildman–Crippen LogP) is 1.19. The summed E-state index contributed by atoms with van der Waals surface area (Å²) < 4.78 is 0. The van der Waals surface area contributed by atoms with Crippen LogP contribution in [0.1, 0.15) is 5.69 Å². The highest BCUT2D eigenvalue weighted by Crippen LogP contribution is 2.23. The number of aliphatic hydroxyl groups is 1. The molecule has 2 heterocycles. The minimum atomic E-state index is 0.0547. The molecule has 72 valence electrons. The van der Waals surface area contributed by atoms with Crippen molar-refractivity contribution in [2.75, 3.05) is 29.5 Å². The van der Waals surface area contributed by atoms with E-state index in [2.05, 4.69) is 9.88 Å². The zero-order chi connectivity index (χ0) is 9.10. The second-order valence-electron chi connectivity index (χ2n) is 2.88. The maximum atomic E-state index is 8.87. The van der Waals surface area contributed by atoms with Crippen molar-refractivity contribution in [1.82, 2.24) is 4.98 Å². The van der Waals surface area contributed by atoms with E-state index in [0.717, 1.165) is 23.9 Å². The molecule has 0 bridgehead atoms. The van der Waals surface area contributed by atoms with Gasteiger partial charge in [-0.3, -0.25) is 0 Å². The fourth-order valence-corrected chi connectivity index (χ4v) is 3.04. The summed E-state index contributed by atoms with van der Waals surface area (Å²) in [5.41, 5.74) is 0.790. The van der Waals surface area contributed by atoms with Gasteiger partial charge in [0.25, 0.3) is 0 Å². The first-order valence-electron chi connectivity index (χ1n) is 4.28. The Labute approximate surface area is 85.8 Å². The number of rotatable bonds is 2. The van der Waals surface area contributed by atoms with Gasteiger partial charge < -0.3 is 10.0 Å². The Bertz CT molecular complexity index is 271. The van der Waals surface area contributed by atoms with Crippen LogP contribution in [0.25, 0.3) is 0 Å². The highest BCUT2D eigenvalue weighted by atomic mass is 32.2. The average molecular weight is 216 g/mol. The Hall–Kier alpha value is -0.260. The Morgan fingerprint density at radius 2 is 2.23 bits per heavy atom. The van der Waals surface area contributed by atoms with Gasteiger partial charge in [-0.1, -0.05) is 0 Å². The summed E-state index contributed by atoms with van der Waals surface area (Å²) in [5, 5.41) is 11.9. The van der Waals surface area contributed by atoms with Crippen molar-refractivity contribution in [3.63, 3.8) is 0 Å². The summed E-state index contributed by atoms with van der Waals surface area (Å²) in [6.45, 7) is 2.23. The SMILES string of the molecule is OCc1csc(N2CCSCC2)n1. The van der Waals surface area contributed by atoms with Gasteiger partial charge in [0.2, 0.25) is 0 Å². The van der Waals surface area contributed by atoms with E-state index in [1.165, 1.54) is 11.5 Å². The Kier molecular flexibility index (Phi) is 3.08. The second kappa shape index (κ2) is 4.30. The molecule has 1 saturated heterocycles. The Morgan fingerprint density at radius 3 is 2.85 bits per heavy atom. The van der Waals surface area contributed by atoms with Crippen LogP contribution in [0.4, 0.5) is 5.13 Å². The third kappa shape index (κ3) is 2.15. The van der Waals surface area contributed by atoms with Crippen molar-refractivity contribution in [1.29, 1.82) is 0 Å². The monoisotopic (exact) mass is 216 g/mol. The molecule has 0 radical (unpaired) electrons. The van der Waals surface area contributed by atoms with Gasteiger partial charge in [-0.2, -0.15) is 11.8 Å². The first kappa shape index (κ1) is 9.30. The fraction of sp³-hybridized carbons (Fsp3) is 0.625. The minimum absolute atomic E-state index is 0.0547. The largest absolute Gasteiger partial charge is 0.390 e. The summed E-state index contributed by atoms with van der Waals surface area (Å²) in [7, 11) is 0. The average Bonchev–Trinajstić information content (AvgIpc) is 2.67. The first-order valence-corrected chi connectivity index (χ1v) is 6.31. The molecule has 1 aliphatic rings. The fourth-order valence-electron chi connectivity index (χ4n) is 1.27. The van der Waals surface area contributed by atoms with Crippen LogP contribution in [-0.2, 0) is 6.61 Å². The Morgan fingerprint density at radius 1 is 1.46 bits per heavy atom. The predicted molar refractivity (Wildman–Crippen MR) is 57.6 cm³/mol. The van der Waals surface area contributed by atoms with Gasteiger partial charge in [-0.15, -0.1) is 11.3 Å². The molecule has 0 spiro atoms. The number of hydrogen-bond donors (Lipinski definition) is 1. The van der Waals surface area contributed by atoms with E-state index in [1.54, 1.807) is 11.3 Å². The van der Waals surface area contributed by atoms with Crippen molar-refractivity contribution in [3.05, 3.63) is 11.1 Å². The van der Waals surface area contributed by atoms with E-state index >= 15 is 0 Å². The molecule has 13 heavy (non-hydrogen) atoms. The molecule has 0 saturated carbocycles. The summed E-state index contributed by atoms with van der Waals surface area (Å²) >= 11 is 3.62. The number of aliphatic hydroxyl groups excluding tert-OH is 1. The van der Waals surface area contributed by atoms with E-state index in [-0.39, 0.29) is 6.61 Å². The zero-order valence-electron chi connectivity index (χ0n) is 7.27. The lowest BCUT2D eigenvalue weighted by Gasteiger charge is -2.25. The van der Waals surface area contributed by atoms with Gasteiger partial charge in [0.1, 0.15) is 0 Å². The lowest BCUT2D eigenvalue weighted by atomic mass is 10.5. The number of aromatic nitrogens is 1. The summed E-state index contributed by atoms with van der Waals surface area (Å²) in [6, 6.07) is 0. The van der Waals surface area contributed by atoms with Crippen LogP contribution in [0, 0.1) is 0 Å². The van der Waals surface area contributed by atoms with Crippen molar-refractivity contribution in [2.24, 2.45) is 0 Å². The molecule has 1 aliphatic heterocycles. The molecule has 0 aliphatic carbocycles. The van der Waals surface area contributed by atoms with Gasteiger partial charge in [-0.05, 0) is 0 Å². The highest BCUT2D eigenvalue weighted by molar-refractivity contribution is 7.99. The first-order chi connectivity index (χ1) is 6.40. The molecular weight excluding hydrogens is 204 g/mol. The van der Waals surface area contributed by atoms with Gasteiger partial charge in [0, 0.05) is 30.0 Å². The maximum absolute atomic E-state index is 8.87. The topological polar surface area (TPSA) is 36.4 Å². The van der Waals surface area contributed by atoms with Crippen molar-refractivity contribution >= 4 is 28.2 Å². The molecule has 1 aromatic heterocycles. The molecular formula is C8H12N2OS2. The summed E-state index contributed by atoms with van der Waals surface area (Å²) in [6.07, 6.45) is 0. The van der Waals surface area contributed by atoms with E-state index < -0.39 is 0 Å². The minimum Gasteiger partial charge on any atom is -0.390 e. The van der Waals surface area contributed by atoms with Crippen LogP contribution in [0.15, 0.2) is 5.38 Å². The molecule has 5 heteroatoms. The molecule has 3 nitrogen and oxygen atoms in total. The van der Waals surface area contributed by atoms with Crippen LogP contribution < -0.4 is 4.90 Å². The number of nitrogens with zero attached hydrogens (tertiary/aromatic N) is 2. The second-order valence-corrected chi connectivity index (χ2v) is 4.94. The van der Waals surface area contributed by atoms with Crippen LogP contribution >= 0.6 is 23.1 Å². The van der Waals surface area contributed by atoms with E-state index in [0.29, 0.717) is 0 Å². The number of thiazole rings is 1. The van der Waals surface area contributed by atoms with Crippen LogP contribution in [0.5, 0.6) is 0 Å². The third-order valence-electron chi connectivity index (χ3n) is 1.98. The van der Waals surface area contributed by atoms with Gasteiger partial charge in [0.15, 0.2) is 5.13 Å². The normalized spacial score (nSPS) is 17.8. The molecule has 1 fully saturated rings. The van der Waals surface area contributed by atoms with Gasteiger partial charge in [0.05, 0.1) is 12.3 Å². The van der Waals surface area contributed by atoms with E-state index in [9.17, 15) is 0 Å². The van der Waals surface area contributed by atoms with Crippen molar-refractivity contribution in [3.8, 4) is 0 Å². The molecule has 2 rings (SSSR count). The van der Waals surface area contributed by atoms with Crippen molar-refractivity contribution < 1.29 is 5.11 Å². The number of hydrogen-bond acceptors (Lipinski definition) is 5. The zero-order valence-corrected chi connectivity index (χ0v) is 8.90. The smallest absolute Gasteiger partial charge is 0.185 e. The maximum Gasteiger partial charge on any atom is 0.185 e. The van der Waals surface area contributed by atoms with Gasteiger partial charge in [-0.25, -0.2) is 4.98 Å². The number of thioether (sulfide) groups is 1. The van der Waals surface area contributed by atoms with E-state index in [1.807, 2.05) is 17.1 Å². The quantitative estimate of drug-likeness (QED) is 0.805. The molecule has 0 aromatic carbocycles. The highest BCUT2D eigenvalue weighted by Gasteiger charge is 2.13. The lowest BCUT2D eigenvalue weighted by Crippen LogP contribution is -2.32. The summed E-state index contributed by atoms with van der Waals surface area (Å²) in [5.74, 6) is 2.38. The van der Waals surface area contributed by atoms with Crippen molar-refractivity contribution in [2.45, 2.75) is 6.61 Å². The summed E-state index contributed by atoms with van der Waals surface area (Å²) in [4.78, 5) is 6.63. The van der Waals surface area contributed by atoms with Crippen LogP contribution in [0.3, 0.4) is 0 Å². The molecule has 0 unspecified atom stereocenters. The lowest BCUT2D eigenvalue weighted by molar-refractivity contribution is 0.277. The molecule has 1 N–H and O–H groups in total. The third-order valence-corrected chi connectivity index (χ3v) is 3.88. The van der Waals surface area contributed by atoms with Crippen LogP contribution in [-0.4, -0.2) is 34.7 Å². The van der Waals surface area contributed by atoms with Crippen LogP contribution in [0.2, 0.25) is 0 Å². The number of anilines is 1. The standard InChI is InChI=1S/C8H12N2OS2/c11-5-7-6-13-8(9-7)10-1-3-12-4-2-10/h6,11H,1-5H2. The molecule has 0 amide bonds. The molecule has 0 atom stereocenters. The van der Waals surface area contributed by atoms with E-state index in [4.69, 9.17) is 5.11 Å². The van der Waals surface area contributed by atoms with Gasteiger partial charge >= 0.3 is 0 Å².